The summed E-state index contributed by atoms with van der Waals surface area (Å²) >= 11 is 3.31. The Bertz CT molecular complexity index is 478. The molecule has 0 radical (unpaired) electrons. The molecule has 6 heteroatoms. The van der Waals surface area contributed by atoms with E-state index >= 15 is 0 Å². The summed E-state index contributed by atoms with van der Waals surface area (Å²) in [5.74, 6) is 1.08. The molecule has 0 aliphatic carbocycles. The number of halogens is 1. The highest BCUT2D eigenvalue weighted by molar-refractivity contribution is 9.10. The molecule has 2 rings (SSSR count). The second-order valence-corrected chi connectivity index (χ2v) is 4.09. The van der Waals surface area contributed by atoms with Gasteiger partial charge in [0.15, 0.2) is 5.82 Å². The minimum atomic E-state index is 0.475. The van der Waals surface area contributed by atoms with Gasteiger partial charge in [-0.1, -0.05) is 6.07 Å². The fraction of sp³-hybridized carbons (Fsp3) is 0.200. The van der Waals surface area contributed by atoms with Gasteiger partial charge in [0.25, 0.3) is 0 Å². The molecule has 2 heterocycles. The van der Waals surface area contributed by atoms with E-state index in [-0.39, 0.29) is 0 Å². The fourth-order valence-electron chi connectivity index (χ4n) is 1.40. The lowest BCUT2D eigenvalue weighted by molar-refractivity contribution is 0.390. The van der Waals surface area contributed by atoms with Gasteiger partial charge in [-0.25, -0.2) is 4.98 Å². The highest BCUT2D eigenvalue weighted by atomic mass is 79.9. The van der Waals surface area contributed by atoms with Gasteiger partial charge in [-0.3, -0.25) is 4.68 Å². The lowest BCUT2D eigenvalue weighted by atomic mass is 10.3. The zero-order chi connectivity index (χ0) is 11.5. The summed E-state index contributed by atoms with van der Waals surface area (Å²) in [6, 6.07) is 3.80. The lowest BCUT2D eigenvalue weighted by Crippen LogP contribution is -2.03. The topological polar surface area (TPSA) is 66.0 Å². The van der Waals surface area contributed by atoms with Crippen molar-refractivity contribution in [2.24, 2.45) is 0 Å². The van der Waals surface area contributed by atoms with Gasteiger partial charge in [0.2, 0.25) is 5.88 Å². The highest BCUT2D eigenvalue weighted by Gasteiger charge is 2.07. The molecule has 5 nitrogen and oxygen atoms in total. The quantitative estimate of drug-likeness (QED) is 0.930. The molecular weight excluding hydrogens is 272 g/mol. The van der Waals surface area contributed by atoms with E-state index in [2.05, 4.69) is 26.0 Å². The maximum absolute atomic E-state index is 5.64. The zero-order valence-corrected chi connectivity index (χ0v) is 10.3. The van der Waals surface area contributed by atoms with E-state index < -0.39 is 0 Å². The van der Waals surface area contributed by atoms with E-state index in [4.69, 9.17) is 10.5 Å². The molecule has 0 atom stereocenters. The second kappa shape index (κ2) is 4.52. The predicted molar refractivity (Wildman–Crippen MR) is 64.2 cm³/mol. The number of hydrogen-bond donors (Lipinski definition) is 1. The zero-order valence-electron chi connectivity index (χ0n) is 8.72. The number of ether oxygens (including phenoxy) is 1. The molecule has 0 fully saturated rings. The number of pyridine rings is 1. The third-order valence-electron chi connectivity index (χ3n) is 2.12. The molecular formula is C10H11BrN4O. The maximum atomic E-state index is 5.64. The van der Waals surface area contributed by atoms with Crippen LogP contribution in [0.1, 0.15) is 5.56 Å². The third kappa shape index (κ3) is 2.16. The minimum Gasteiger partial charge on any atom is -0.481 e. The summed E-state index contributed by atoms with van der Waals surface area (Å²) in [7, 11) is 1.60. The van der Waals surface area contributed by atoms with Crippen LogP contribution in [0.5, 0.6) is 5.88 Å². The molecule has 0 unspecified atom stereocenters. The summed E-state index contributed by atoms with van der Waals surface area (Å²) in [5.41, 5.74) is 6.60. The first-order chi connectivity index (χ1) is 7.70. The van der Waals surface area contributed by atoms with Crippen LogP contribution >= 0.6 is 15.9 Å². The van der Waals surface area contributed by atoms with Crippen LogP contribution in [0.3, 0.4) is 0 Å². The molecule has 2 aromatic heterocycles. The molecule has 0 aliphatic rings. The smallest absolute Gasteiger partial charge is 0.218 e. The molecule has 0 spiro atoms. The molecule has 2 aromatic rings. The van der Waals surface area contributed by atoms with E-state index in [0.717, 1.165) is 10.0 Å². The predicted octanol–water partition coefficient (Wildman–Crippen LogP) is 1.68. The van der Waals surface area contributed by atoms with Crippen molar-refractivity contribution >= 4 is 21.7 Å². The average Bonchev–Trinajstić information content (AvgIpc) is 2.59. The summed E-state index contributed by atoms with van der Waals surface area (Å²) in [4.78, 5) is 4.12. The van der Waals surface area contributed by atoms with Gasteiger partial charge in [0.1, 0.15) is 0 Å². The maximum Gasteiger partial charge on any atom is 0.218 e. The number of rotatable bonds is 3. The summed E-state index contributed by atoms with van der Waals surface area (Å²) in [5, 5.41) is 4.15. The molecule has 0 aliphatic heterocycles. The Labute approximate surface area is 101 Å². The van der Waals surface area contributed by atoms with Crippen LogP contribution in [-0.4, -0.2) is 21.9 Å². The molecule has 0 aromatic carbocycles. The first-order valence-corrected chi connectivity index (χ1v) is 5.46. The molecule has 0 amide bonds. The lowest BCUT2D eigenvalue weighted by Gasteiger charge is -2.06. The van der Waals surface area contributed by atoms with Gasteiger partial charge in [-0.15, -0.1) is 0 Å². The van der Waals surface area contributed by atoms with Crippen molar-refractivity contribution in [3.63, 3.8) is 0 Å². The fourth-order valence-corrected chi connectivity index (χ4v) is 1.71. The van der Waals surface area contributed by atoms with Gasteiger partial charge in [-0.05, 0) is 22.0 Å². The van der Waals surface area contributed by atoms with Gasteiger partial charge in [0.05, 0.1) is 18.1 Å². The van der Waals surface area contributed by atoms with Crippen LogP contribution in [0.25, 0.3) is 0 Å². The summed E-state index contributed by atoms with van der Waals surface area (Å²) < 4.78 is 7.68. The van der Waals surface area contributed by atoms with Crippen molar-refractivity contribution in [3.8, 4) is 5.88 Å². The van der Waals surface area contributed by atoms with E-state index in [0.29, 0.717) is 18.2 Å². The molecule has 84 valence electrons. The van der Waals surface area contributed by atoms with Crippen LogP contribution in [0.15, 0.2) is 29.0 Å². The molecule has 0 saturated heterocycles. The Kier molecular flexibility index (Phi) is 3.09. The Morgan fingerprint density at radius 1 is 1.56 bits per heavy atom. The molecule has 0 saturated carbocycles. The van der Waals surface area contributed by atoms with Crippen molar-refractivity contribution in [2.45, 2.75) is 6.54 Å². The standard InChI is InChI=1S/C10H11BrN4O/c1-16-10-7(3-2-4-13-10)5-15-6-8(11)9(12)14-15/h2-4,6H,5H2,1H3,(H2,12,14). The van der Waals surface area contributed by atoms with Gasteiger partial charge in [-0.2, -0.15) is 5.10 Å². The number of aromatic nitrogens is 3. The number of nitrogen functional groups attached to an aromatic ring is 1. The largest absolute Gasteiger partial charge is 0.481 e. The number of nitrogens with two attached hydrogens (primary N) is 1. The number of methoxy groups -OCH3 is 1. The van der Waals surface area contributed by atoms with Gasteiger partial charge >= 0.3 is 0 Å². The monoisotopic (exact) mass is 282 g/mol. The molecule has 16 heavy (non-hydrogen) atoms. The van der Waals surface area contributed by atoms with Crippen molar-refractivity contribution in [1.29, 1.82) is 0 Å². The van der Waals surface area contributed by atoms with Crippen LogP contribution in [0, 0.1) is 0 Å². The molecule has 0 bridgehead atoms. The van der Waals surface area contributed by atoms with Crippen LogP contribution in [-0.2, 0) is 6.54 Å². The van der Waals surface area contributed by atoms with E-state index in [1.807, 2.05) is 18.3 Å². The highest BCUT2D eigenvalue weighted by Crippen LogP contribution is 2.19. The first-order valence-electron chi connectivity index (χ1n) is 4.67. The second-order valence-electron chi connectivity index (χ2n) is 3.23. The van der Waals surface area contributed by atoms with Crippen LogP contribution in [0.4, 0.5) is 5.82 Å². The SMILES string of the molecule is COc1ncccc1Cn1cc(Br)c(N)n1. The van der Waals surface area contributed by atoms with Crippen molar-refractivity contribution < 1.29 is 4.74 Å². The summed E-state index contributed by atoms with van der Waals surface area (Å²) in [6.07, 6.45) is 3.51. The van der Waals surface area contributed by atoms with Crippen LogP contribution < -0.4 is 10.5 Å². The van der Waals surface area contributed by atoms with Crippen LogP contribution in [0.2, 0.25) is 0 Å². The number of anilines is 1. The van der Waals surface area contributed by atoms with E-state index in [9.17, 15) is 0 Å². The number of nitrogens with zero attached hydrogens (tertiary/aromatic N) is 3. The number of hydrogen-bond acceptors (Lipinski definition) is 4. The van der Waals surface area contributed by atoms with Gasteiger partial charge < -0.3 is 10.5 Å². The Morgan fingerprint density at radius 3 is 3.00 bits per heavy atom. The van der Waals surface area contributed by atoms with E-state index in [1.54, 1.807) is 18.0 Å². The van der Waals surface area contributed by atoms with Crippen molar-refractivity contribution in [3.05, 3.63) is 34.6 Å². The van der Waals surface area contributed by atoms with E-state index in [1.165, 1.54) is 0 Å². The Morgan fingerprint density at radius 2 is 2.38 bits per heavy atom. The Balaban J connectivity index is 2.26. The minimum absolute atomic E-state index is 0.475. The Hall–Kier alpha value is -1.56. The normalized spacial score (nSPS) is 10.4. The average molecular weight is 283 g/mol. The van der Waals surface area contributed by atoms with Crippen molar-refractivity contribution in [1.82, 2.24) is 14.8 Å². The third-order valence-corrected chi connectivity index (χ3v) is 2.73. The molecule has 2 N–H and O–H groups in total. The van der Waals surface area contributed by atoms with Crippen molar-refractivity contribution in [2.75, 3.05) is 12.8 Å². The van der Waals surface area contributed by atoms with Gasteiger partial charge in [0, 0.05) is 18.0 Å². The summed E-state index contributed by atoms with van der Waals surface area (Å²) in [6.45, 7) is 0.576. The first kappa shape index (κ1) is 10.9.